The van der Waals surface area contributed by atoms with Crippen molar-refractivity contribution in [3.8, 4) is 0 Å². The maximum Gasteiger partial charge on any atom is 0.00670 e. The van der Waals surface area contributed by atoms with E-state index in [4.69, 9.17) is 0 Å². The van der Waals surface area contributed by atoms with Crippen LogP contribution < -0.4 is 5.32 Å². The second-order valence-electron chi connectivity index (χ2n) is 4.97. The van der Waals surface area contributed by atoms with E-state index in [1.165, 1.54) is 38.5 Å². The van der Waals surface area contributed by atoms with Crippen LogP contribution in [-0.4, -0.2) is 13.1 Å². The topological polar surface area (TPSA) is 12.0 Å². The molecule has 1 nitrogen and oxygen atoms in total. The second kappa shape index (κ2) is 4.00. The fourth-order valence-electron chi connectivity index (χ4n) is 3.14. The third-order valence-electron chi connectivity index (χ3n) is 4.21. The SMILES string of the molecule is CCC1CCC(NC)CC1C1CC1. The highest BCUT2D eigenvalue weighted by Gasteiger charge is 2.39. The molecule has 0 aromatic heterocycles. The van der Waals surface area contributed by atoms with Crippen molar-refractivity contribution in [1.29, 1.82) is 0 Å². The van der Waals surface area contributed by atoms with Crippen LogP contribution in [0.2, 0.25) is 0 Å². The van der Waals surface area contributed by atoms with Crippen LogP contribution in [-0.2, 0) is 0 Å². The molecule has 0 amide bonds. The van der Waals surface area contributed by atoms with Gasteiger partial charge in [-0.05, 0) is 56.9 Å². The Balaban J connectivity index is 1.92. The molecule has 3 atom stereocenters. The van der Waals surface area contributed by atoms with Crippen molar-refractivity contribution >= 4 is 0 Å². The van der Waals surface area contributed by atoms with Crippen molar-refractivity contribution in [2.24, 2.45) is 17.8 Å². The van der Waals surface area contributed by atoms with Gasteiger partial charge < -0.3 is 5.32 Å². The van der Waals surface area contributed by atoms with E-state index in [0.29, 0.717) is 0 Å². The molecule has 1 heteroatoms. The van der Waals surface area contributed by atoms with Crippen LogP contribution in [0.1, 0.15) is 45.4 Å². The molecule has 0 aromatic carbocycles. The minimum Gasteiger partial charge on any atom is -0.317 e. The molecule has 0 aliphatic heterocycles. The molecule has 0 aromatic rings. The Morgan fingerprint density at radius 1 is 1.15 bits per heavy atom. The largest absolute Gasteiger partial charge is 0.317 e. The molecule has 0 heterocycles. The summed E-state index contributed by atoms with van der Waals surface area (Å²) in [7, 11) is 2.13. The minimum absolute atomic E-state index is 0.827. The van der Waals surface area contributed by atoms with E-state index in [1.54, 1.807) is 0 Å². The molecule has 1 N–H and O–H groups in total. The first kappa shape index (κ1) is 9.51. The average Bonchev–Trinajstić information content (AvgIpc) is 3.00. The Kier molecular flexibility index (Phi) is 2.92. The molecule has 0 radical (unpaired) electrons. The lowest BCUT2D eigenvalue weighted by Crippen LogP contribution is -2.36. The summed E-state index contributed by atoms with van der Waals surface area (Å²) in [5, 5.41) is 3.46. The van der Waals surface area contributed by atoms with Gasteiger partial charge >= 0.3 is 0 Å². The zero-order chi connectivity index (χ0) is 9.26. The first-order chi connectivity index (χ1) is 6.35. The number of hydrogen-bond acceptors (Lipinski definition) is 1. The van der Waals surface area contributed by atoms with Gasteiger partial charge in [-0.25, -0.2) is 0 Å². The molecule has 2 fully saturated rings. The van der Waals surface area contributed by atoms with Crippen molar-refractivity contribution in [2.75, 3.05) is 7.05 Å². The smallest absolute Gasteiger partial charge is 0.00670 e. The summed E-state index contributed by atoms with van der Waals surface area (Å²) >= 11 is 0. The zero-order valence-corrected chi connectivity index (χ0v) is 9.05. The predicted octanol–water partition coefficient (Wildman–Crippen LogP) is 2.81. The number of hydrogen-bond donors (Lipinski definition) is 1. The lowest BCUT2D eigenvalue weighted by molar-refractivity contribution is 0.174. The minimum atomic E-state index is 0.827. The molecule has 3 unspecified atom stereocenters. The van der Waals surface area contributed by atoms with Crippen molar-refractivity contribution in [1.82, 2.24) is 5.32 Å². The maximum atomic E-state index is 3.46. The van der Waals surface area contributed by atoms with E-state index < -0.39 is 0 Å². The Bertz CT molecular complexity index is 163. The van der Waals surface area contributed by atoms with Gasteiger partial charge in [0.25, 0.3) is 0 Å². The Labute approximate surface area is 82.3 Å². The van der Waals surface area contributed by atoms with Crippen molar-refractivity contribution in [3.63, 3.8) is 0 Å². The van der Waals surface area contributed by atoms with E-state index >= 15 is 0 Å². The third-order valence-corrected chi connectivity index (χ3v) is 4.21. The normalized spacial score (nSPS) is 40.6. The second-order valence-corrected chi connectivity index (χ2v) is 4.97. The van der Waals surface area contributed by atoms with Crippen LogP contribution in [0.15, 0.2) is 0 Å². The van der Waals surface area contributed by atoms with Crippen LogP contribution in [0.4, 0.5) is 0 Å². The fourth-order valence-corrected chi connectivity index (χ4v) is 3.14. The van der Waals surface area contributed by atoms with Crippen LogP contribution >= 0.6 is 0 Å². The highest BCUT2D eigenvalue weighted by molar-refractivity contribution is 4.91. The predicted molar refractivity (Wildman–Crippen MR) is 56.7 cm³/mol. The first-order valence-corrected chi connectivity index (χ1v) is 6.02. The molecule has 2 aliphatic carbocycles. The molecule has 0 saturated heterocycles. The highest BCUT2D eigenvalue weighted by atomic mass is 14.9. The molecule has 2 aliphatic rings. The monoisotopic (exact) mass is 181 g/mol. The summed E-state index contributed by atoms with van der Waals surface area (Å²) in [6, 6.07) is 0.827. The van der Waals surface area contributed by atoms with Crippen LogP contribution in [0.3, 0.4) is 0 Å². The van der Waals surface area contributed by atoms with E-state index in [1.807, 2.05) is 0 Å². The summed E-state index contributed by atoms with van der Waals surface area (Å²) in [5.41, 5.74) is 0. The molecule has 0 spiro atoms. The van der Waals surface area contributed by atoms with E-state index in [0.717, 1.165) is 23.8 Å². The van der Waals surface area contributed by atoms with E-state index in [-0.39, 0.29) is 0 Å². The van der Waals surface area contributed by atoms with E-state index in [9.17, 15) is 0 Å². The average molecular weight is 181 g/mol. The number of rotatable bonds is 3. The maximum absolute atomic E-state index is 3.46. The zero-order valence-electron chi connectivity index (χ0n) is 9.05. The molecule has 2 saturated carbocycles. The molecule has 0 bridgehead atoms. The van der Waals surface area contributed by atoms with Crippen LogP contribution in [0.25, 0.3) is 0 Å². The summed E-state index contributed by atoms with van der Waals surface area (Å²) in [6.45, 7) is 2.37. The van der Waals surface area contributed by atoms with Gasteiger partial charge in [0.05, 0.1) is 0 Å². The quantitative estimate of drug-likeness (QED) is 0.706. The molecular weight excluding hydrogens is 158 g/mol. The lowest BCUT2D eigenvalue weighted by atomic mass is 9.73. The van der Waals surface area contributed by atoms with Crippen LogP contribution in [0.5, 0.6) is 0 Å². The summed E-state index contributed by atoms with van der Waals surface area (Å²) in [6.07, 6.45) is 8.81. The molecule has 2 rings (SSSR count). The van der Waals surface area contributed by atoms with Crippen LogP contribution in [0, 0.1) is 17.8 Å². The highest BCUT2D eigenvalue weighted by Crippen LogP contribution is 2.47. The Morgan fingerprint density at radius 3 is 2.46 bits per heavy atom. The molecule has 13 heavy (non-hydrogen) atoms. The third kappa shape index (κ3) is 2.07. The summed E-state index contributed by atoms with van der Waals surface area (Å²) < 4.78 is 0. The Hall–Kier alpha value is -0.0400. The molecule has 76 valence electrons. The van der Waals surface area contributed by atoms with Crippen molar-refractivity contribution < 1.29 is 0 Å². The van der Waals surface area contributed by atoms with Gasteiger partial charge in [0.1, 0.15) is 0 Å². The van der Waals surface area contributed by atoms with E-state index in [2.05, 4.69) is 19.3 Å². The Morgan fingerprint density at radius 2 is 1.92 bits per heavy atom. The fraction of sp³-hybridized carbons (Fsp3) is 1.00. The lowest BCUT2D eigenvalue weighted by Gasteiger charge is -2.36. The number of nitrogens with one attached hydrogen (secondary N) is 1. The first-order valence-electron chi connectivity index (χ1n) is 6.02. The molecular formula is C12H23N. The van der Waals surface area contributed by atoms with Gasteiger partial charge in [0.2, 0.25) is 0 Å². The van der Waals surface area contributed by atoms with Crippen molar-refractivity contribution in [3.05, 3.63) is 0 Å². The van der Waals surface area contributed by atoms with Crippen molar-refractivity contribution in [2.45, 2.75) is 51.5 Å². The van der Waals surface area contributed by atoms with Gasteiger partial charge in [-0.3, -0.25) is 0 Å². The van der Waals surface area contributed by atoms with Gasteiger partial charge in [0, 0.05) is 6.04 Å². The van der Waals surface area contributed by atoms with Gasteiger partial charge in [-0.1, -0.05) is 13.3 Å². The van der Waals surface area contributed by atoms with Gasteiger partial charge in [0.15, 0.2) is 0 Å². The standard InChI is InChI=1S/C12H23N/c1-3-9-6-7-11(13-2)8-12(9)10-4-5-10/h9-13H,3-8H2,1-2H3. The summed E-state index contributed by atoms with van der Waals surface area (Å²) in [4.78, 5) is 0. The van der Waals surface area contributed by atoms with Gasteiger partial charge in [-0.15, -0.1) is 0 Å². The van der Waals surface area contributed by atoms with Gasteiger partial charge in [-0.2, -0.15) is 0 Å². The summed E-state index contributed by atoms with van der Waals surface area (Å²) in [5.74, 6) is 3.23.